The molecule has 112 valence electrons. The number of rotatable bonds is 3. The van der Waals surface area contributed by atoms with Gasteiger partial charge in [0.2, 0.25) is 5.82 Å². The fraction of sp³-hybridized carbons (Fsp3) is 0.0909. The minimum Gasteiger partial charge on any atom is -0.503 e. The molecular formula is C11H6ClF4N3OS. The number of benzene rings is 1. The summed E-state index contributed by atoms with van der Waals surface area (Å²) in [5, 5.41) is 9.55. The largest absolute Gasteiger partial charge is 0.503 e. The topological polar surface area (TPSA) is 58.0 Å². The molecular weight excluding hydrogens is 334 g/mol. The van der Waals surface area contributed by atoms with Crippen molar-refractivity contribution in [3.8, 4) is 5.75 Å². The Morgan fingerprint density at radius 2 is 1.95 bits per heavy atom. The normalized spacial score (nSPS) is 11.5. The van der Waals surface area contributed by atoms with Crippen LogP contribution in [0.3, 0.4) is 0 Å². The highest BCUT2D eigenvalue weighted by atomic mass is 35.5. The maximum Gasteiger partial charge on any atom is 0.451 e. The van der Waals surface area contributed by atoms with Crippen LogP contribution in [0, 0.1) is 5.82 Å². The van der Waals surface area contributed by atoms with E-state index in [1.807, 2.05) is 0 Å². The summed E-state index contributed by atoms with van der Waals surface area (Å²) in [7, 11) is 0. The molecule has 2 rings (SSSR count). The van der Waals surface area contributed by atoms with Crippen LogP contribution in [0.15, 0.2) is 29.3 Å². The molecule has 0 saturated heterocycles. The van der Waals surface area contributed by atoms with E-state index in [9.17, 15) is 22.7 Å². The van der Waals surface area contributed by atoms with E-state index in [4.69, 9.17) is 11.6 Å². The predicted octanol–water partition coefficient (Wildman–Crippen LogP) is 4.11. The minimum atomic E-state index is -4.74. The molecule has 0 aliphatic heterocycles. The molecule has 1 aromatic carbocycles. The van der Waals surface area contributed by atoms with Crippen molar-refractivity contribution in [2.24, 2.45) is 0 Å². The number of anilines is 1. The van der Waals surface area contributed by atoms with Crippen LogP contribution < -0.4 is 4.72 Å². The Kier molecular flexibility index (Phi) is 4.43. The third kappa shape index (κ3) is 4.11. The van der Waals surface area contributed by atoms with Crippen LogP contribution in [0.25, 0.3) is 0 Å². The lowest BCUT2D eigenvalue weighted by atomic mass is 10.3. The zero-order chi connectivity index (χ0) is 15.6. The number of aromatic hydroxyl groups is 1. The predicted molar refractivity (Wildman–Crippen MR) is 69.6 cm³/mol. The van der Waals surface area contributed by atoms with Gasteiger partial charge in [-0.3, -0.25) is 0 Å². The summed E-state index contributed by atoms with van der Waals surface area (Å²) in [6.07, 6.45) is -4.12. The van der Waals surface area contributed by atoms with Crippen molar-refractivity contribution in [1.82, 2.24) is 9.97 Å². The average molecular weight is 340 g/mol. The third-order valence-electron chi connectivity index (χ3n) is 2.12. The highest BCUT2D eigenvalue weighted by molar-refractivity contribution is 8.00. The first-order valence-corrected chi connectivity index (χ1v) is 6.47. The van der Waals surface area contributed by atoms with Crippen molar-refractivity contribution in [2.45, 2.75) is 11.1 Å². The molecule has 0 saturated carbocycles. The number of halogens is 5. The molecule has 1 aromatic heterocycles. The van der Waals surface area contributed by atoms with Gasteiger partial charge in [0.15, 0.2) is 11.6 Å². The number of nitrogens with zero attached hydrogens (tertiary/aromatic N) is 2. The van der Waals surface area contributed by atoms with Gasteiger partial charge in [-0.1, -0.05) is 11.6 Å². The van der Waals surface area contributed by atoms with Gasteiger partial charge in [0.25, 0.3) is 0 Å². The van der Waals surface area contributed by atoms with Gasteiger partial charge in [0, 0.05) is 9.92 Å². The van der Waals surface area contributed by atoms with Gasteiger partial charge in [0.1, 0.15) is 5.82 Å². The van der Waals surface area contributed by atoms with Gasteiger partial charge in [-0.25, -0.2) is 14.4 Å². The Morgan fingerprint density at radius 1 is 1.24 bits per heavy atom. The molecule has 0 amide bonds. The maximum absolute atomic E-state index is 13.1. The summed E-state index contributed by atoms with van der Waals surface area (Å²) in [4.78, 5) is 6.43. The number of hydrogen-bond donors (Lipinski definition) is 2. The summed E-state index contributed by atoms with van der Waals surface area (Å²) in [5.41, 5.74) is 0. The van der Waals surface area contributed by atoms with Crippen molar-refractivity contribution in [1.29, 1.82) is 0 Å². The fourth-order valence-corrected chi connectivity index (χ4v) is 2.29. The summed E-state index contributed by atoms with van der Waals surface area (Å²) >= 11 is 6.39. The zero-order valence-corrected chi connectivity index (χ0v) is 11.5. The summed E-state index contributed by atoms with van der Waals surface area (Å²) in [5.74, 6) is -3.02. The van der Waals surface area contributed by atoms with E-state index in [1.165, 1.54) is 6.07 Å². The number of aromatic nitrogens is 2. The molecule has 0 atom stereocenters. The lowest BCUT2D eigenvalue weighted by Gasteiger charge is -2.09. The van der Waals surface area contributed by atoms with Gasteiger partial charge in [-0.15, -0.1) is 0 Å². The van der Waals surface area contributed by atoms with E-state index in [-0.39, 0.29) is 5.02 Å². The van der Waals surface area contributed by atoms with E-state index in [0.717, 1.165) is 24.1 Å². The van der Waals surface area contributed by atoms with E-state index < -0.39 is 29.4 Å². The summed E-state index contributed by atoms with van der Waals surface area (Å²) in [6, 6.07) is 3.59. The van der Waals surface area contributed by atoms with Gasteiger partial charge in [0.05, 0.1) is 6.20 Å². The first kappa shape index (κ1) is 15.6. The Morgan fingerprint density at radius 3 is 2.57 bits per heavy atom. The van der Waals surface area contributed by atoms with Crippen molar-refractivity contribution < 1.29 is 22.7 Å². The molecule has 0 aliphatic carbocycles. The van der Waals surface area contributed by atoms with Crippen molar-refractivity contribution >= 4 is 29.4 Å². The lowest BCUT2D eigenvalue weighted by Crippen LogP contribution is -2.11. The molecule has 0 spiro atoms. The van der Waals surface area contributed by atoms with E-state index in [0.29, 0.717) is 11.1 Å². The SMILES string of the molecule is Oc1cnc(C(F)(F)F)nc1NSc1cc(F)cc(Cl)c1. The van der Waals surface area contributed by atoms with Crippen LogP contribution in [0.2, 0.25) is 5.02 Å². The summed E-state index contributed by atoms with van der Waals surface area (Å²) < 4.78 is 52.9. The van der Waals surface area contributed by atoms with Gasteiger partial charge < -0.3 is 9.83 Å². The van der Waals surface area contributed by atoms with E-state index in [2.05, 4.69) is 14.7 Å². The monoisotopic (exact) mass is 339 g/mol. The van der Waals surface area contributed by atoms with Gasteiger partial charge in [-0.2, -0.15) is 13.2 Å². The lowest BCUT2D eigenvalue weighted by molar-refractivity contribution is -0.144. The Balaban J connectivity index is 2.19. The number of alkyl halides is 3. The molecule has 2 aromatic rings. The van der Waals surface area contributed by atoms with Crippen molar-refractivity contribution in [3.05, 3.63) is 41.1 Å². The Labute approximate surface area is 125 Å². The minimum absolute atomic E-state index is 0.127. The highest BCUT2D eigenvalue weighted by Crippen LogP contribution is 2.32. The molecule has 2 N–H and O–H groups in total. The second-order valence-electron chi connectivity index (χ2n) is 3.73. The second-order valence-corrected chi connectivity index (χ2v) is 5.05. The van der Waals surface area contributed by atoms with Gasteiger partial charge >= 0.3 is 6.18 Å². The van der Waals surface area contributed by atoms with Crippen molar-refractivity contribution in [2.75, 3.05) is 4.72 Å². The van der Waals surface area contributed by atoms with Crippen LogP contribution in [0.4, 0.5) is 23.4 Å². The molecule has 0 fully saturated rings. The Hall–Kier alpha value is -1.74. The van der Waals surface area contributed by atoms with Crippen LogP contribution in [-0.2, 0) is 6.18 Å². The molecule has 10 heteroatoms. The van der Waals surface area contributed by atoms with Crippen LogP contribution >= 0.6 is 23.5 Å². The second kappa shape index (κ2) is 5.94. The molecule has 0 bridgehead atoms. The molecule has 21 heavy (non-hydrogen) atoms. The quantitative estimate of drug-likeness (QED) is 0.651. The number of hydrogen-bond acceptors (Lipinski definition) is 5. The molecule has 0 aliphatic rings. The molecule has 0 radical (unpaired) electrons. The van der Waals surface area contributed by atoms with E-state index in [1.54, 1.807) is 0 Å². The maximum atomic E-state index is 13.1. The first-order valence-electron chi connectivity index (χ1n) is 5.28. The zero-order valence-electron chi connectivity index (χ0n) is 9.95. The molecule has 4 nitrogen and oxygen atoms in total. The summed E-state index contributed by atoms with van der Waals surface area (Å²) in [6.45, 7) is 0. The average Bonchev–Trinajstić information content (AvgIpc) is 2.35. The smallest absolute Gasteiger partial charge is 0.451 e. The van der Waals surface area contributed by atoms with Crippen molar-refractivity contribution in [3.63, 3.8) is 0 Å². The fourth-order valence-electron chi connectivity index (χ4n) is 1.28. The standard InChI is InChI=1S/C11H6ClF4N3OS/c12-5-1-6(13)3-7(2-5)21-19-9-8(20)4-17-10(18-9)11(14,15)16/h1-4,20H,(H,17,18,19). The van der Waals surface area contributed by atoms with Gasteiger partial charge in [-0.05, 0) is 30.1 Å². The third-order valence-corrected chi connectivity index (χ3v) is 3.11. The highest BCUT2D eigenvalue weighted by Gasteiger charge is 2.35. The molecule has 1 heterocycles. The van der Waals surface area contributed by atoms with E-state index >= 15 is 0 Å². The first-order chi connectivity index (χ1) is 9.75. The van der Waals surface area contributed by atoms with Crippen LogP contribution in [0.5, 0.6) is 5.75 Å². The van der Waals surface area contributed by atoms with Crippen LogP contribution in [-0.4, -0.2) is 15.1 Å². The van der Waals surface area contributed by atoms with Crippen LogP contribution in [0.1, 0.15) is 5.82 Å². The number of nitrogens with one attached hydrogen (secondary N) is 1. The Bertz CT molecular complexity index is 648. The molecule has 0 unspecified atom stereocenters.